The van der Waals surface area contributed by atoms with Gasteiger partial charge < -0.3 is 0 Å². The normalized spacial score (nSPS) is 11.9. The number of aryl methyl sites for hydroxylation is 2. The van der Waals surface area contributed by atoms with E-state index >= 15 is 0 Å². The molecule has 0 unspecified atom stereocenters. The van der Waals surface area contributed by atoms with Crippen LogP contribution in [0.1, 0.15) is 11.1 Å². The summed E-state index contributed by atoms with van der Waals surface area (Å²) in [7, 11) is -1.56. The lowest BCUT2D eigenvalue weighted by atomic mass is 10.2. The Labute approximate surface area is 163 Å². The average molecular weight is 369 g/mol. The lowest BCUT2D eigenvalue weighted by Gasteiger charge is -2.43. The molecule has 0 N–H and O–H groups in total. The molecule has 0 aliphatic rings. The van der Waals surface area contributed by atoms with E-state index in [9.17, 15) is 0 Å². The van der Waals surface area contributed by atoms with Crippen LogP contribution in [0, 0.1) is 13.8 Å². The van der Waals surface area contributed by atoms with E-state index in [1.807, 2.05) is 0 Å². The highest BCUT2D eigenvalue weighted by Crippen LogP contribution is 2.74. The van der Waals surface area contributed by atoms with Gasteiger partial charge in [-0.1, -0.05) is 72.3 Å². The van der Waals surface area contributed by atoms with Crippen molar-refractivity contribution in [1.82, 2.24) is 0 Å². The molecule has 0 aromatic heterocycles. The topological polar surface area (TPSA) is 0 Å². The summed E-state index contributed by atoms with van der Waals surface area (Å²) in [6.07, 6.45) is 0. The molecule has 0 heterocycles. The zero-order chi connectivity index (χ0) is 18.7. The Morgan fingerprint density at radius 3 is 1.30 bits per heavy atom. The zero-order valence-corrected chi connectivity index (χ0v) is 16.6. The van der Waals surface area contributed by atoms with Gasteiger partial charge in [0.1, 0.15) is 0 Å². The molecule has 0 atom stereocenters. The quantitative estimate of drug-likeness (QED) is 0.347. The molecular weight excluding hydrogens is 344 g/mol. The lowest BCUT2D eigenvalue weighted by molar-refractivity contribution is 1.18. The van der Waals surface area contributed by atoms with Crippen LogP contribution in [0.25, 0.3) is 0 Å². The van der Waals surface area contributed by atoms with Crippen molar-refractivity contribution in [1.29, 1.82) is 0 Å². The Bertz CT molecular complexity index is 925. The fourth-order valence-electron chi connectivity index (χ4n) is 3.70. The van der Waals surface area contributed by atoms with E-state index in [0.717, 1.165) is 0 Å². The van der Waals surface area contributed by atoms with E-state index in [4.69, 9.17) is 0 Å². The second-order valence-electron chi connectivity index (χ2n) is 6.82. The Kier molecular flexibility index (Phi) is 4.87. The lowest BCUT2D eigenvalue weighted by Crippen LogP contribution is -2.06. The van der Waals surface area contributed by atoms with Crippen molar-refractivity contribution in [2.75, 3.05) is 0 Å². The van der Waals surface area contributed by atoms with Crippen molar-refractivity contribution in [3.8, 4) is 0 Å². The molecule has 1 heteroatoms. The Morgan fingerprint density at radius 2 is 0.889 bits per heavy atom. The van der Waals surface area contributed by atoms with Crippen LogP contribution in [0.2, 0.25) is 0 Å². The number of hydrogen-bond donors (Lipinski definition) is 0. The first kappa shape index (κ1) is 17.6. The van der Waals surface area contributed by atoms with E-state index in [2.05, 4.69) is 123 Å². The molecule has 0 saturated carbocycles. The highest BCUT2D eigenvalue weighted by molar-refractivity contribution is 8.34. The SMILES string of the molecule is Cc1ccc(C)c(S(c2ccccc2)(c2ccccc2)c2ccccc2)c1. The fourth-order valence-corrected chi connectivity index (χ4v) is 7.89. The predicted octanol–water partition coefficient (Wildman–Crippen LogP) is 7.64. The molecule has 4 aromatic rings. The summed E-state index contributed by atoms with van der Waals surface area (Å²) < 4.78 is 0. The maximum atomic E-state index is 2.39. The van der Waals surface area contributed by atoms with Crippen molar-refractivity contribution in [2.45, 2.75) is 33.4 Å². The second kappa shape index (κ2) is 7.46. The monoisotopic (exact) mass is 368 g/mol. The summed E-state index contributed by atoms with van der Waals surface area (Å²) in [6, 6.07) is 39.9. The smallest absolute Gasteiger partial charge is 0.00548 e. The van der Waals surface area contributed by atoms with Gasteiger partial charge in [-0.25, -0.2) is 0 Å². The standard InChI is InChI=1S/C26H24S/c1-21-18-19-22(2)26(20-21)27(23-12-6-3-7-13-23,24-14-8-4-9-15-24)25-16-10-5-11-17-25/h3-20H,1-2H3. The van der Waals surface area contributed by atoms with E-state index in [-0.39, 0.29) is 0 Å². The molecule has 0 aliphatic heterocycles. The molecule has 0 aliphatic carbocycles. The van der Waals surface area contributed by atoms with E-state index in [1.54, 1.807) is 0 Å². The summed E-state index contributed by atoms with van der Waals surface area (Å²) in [5.74, 6) is 0. The summed E-state index contributed by atoms with van der Waals surface area (Å²) in [6.45, 7) is 4.43. The average Bonchev–Trinajstić information content (AvgIpc) is 2.73. The maximum Gasteiger partial charge on any atom is 0.00548 e. The fraction of sp³-hybridized carbons (Fsp3) is 0.0769. The highest BCUT2D eigenvalue weighted by Gasteiger charge is 2.34. The first-order valence-electron chi connectivity index (χ1n) is 9.29. The van der Waals surface area contributed by atoms with Crippen LogP contribution < -0.4 is 0 Å². The second-order valence-corrected chi connectivity index (χ2v) is 9.90. The number of rotatable bonds is 4. The summed E-state index contributed by atoms with van der Waals surface area (Å²) in [5.41, 5.74) is 2.64. The minimum Gasteiger partial charge on any atom is -0.133 e. The molecular formula is C26H24S. The van der Waals surface area contributed by atoms with Gasteiger partial charge in [0, 0.05) is 19.6 Å². The third-order valence-corrected chi connectivity index (χ3v) is 9.00. The number of benzene rings is 4. The molecule has 4 aromatic carbocycles. The van der Waals surface area contributed by atoms with Gasteiger partial charge in [0.05, 0.1) is 0 Å². The molecule has 0 radical (unpaired) electrons. The first-order valence-corrected chi connectivity index (χ1v) is 10.9. The molecule has 0 bridgehead atoms. The molecule has 0 fully saturated rings. The summed E-state index contributed by atoms with van der Waals surface area (Å²) in [5, 5.41) is 0. The zero-order valence-electron chi connectivity index (χ0n) is 15.8. The molecule has 27 heavy (non-hydrogen) atoms. The van der Waals surface area contributed by atoms with E-state index in [1.165, 1.54) is 30.7 Å². The van der Waals surface area contributed by atoms with Gasteiger partial charge in [-0.2, -0.15) is 0 Å². The number of hydrogen-bond acceptors (Lipinski definition) is 0. The third kappa shape index (κ3) is 3.09. The van der Waals surface area contributed by atoms with Gasteiger partial charge in [0.25, 0.3) is 0 Å². The predicted molar refractivity (Wildman–Crippen MR) is 116 cm³/mol. The van der Waals surface area contributed by atoms with Crippen molar-refractivity contribution in [3.63, 3.8) is 0 Å². The Morgan fingerprint density at radius 1 is 0.481 bits per heavy atom. The van der Waals surface area contributed by atoms with Crippen LogP contribution in [0.4, 0.5) is 0 Å². The minimum absolute atomic E-state index is 1.30. The van der Waals surface area contributed by atoms with Crippen LogP contribution >= 0.6 is 10.0 Å². The van der Waals surface area contributed by atoms with Crippen molar-refractivity contribution in [3.05, 3.63) is 120 Å². The van der Waals surface area contributed by atoms with E-state index < -0.39 is 10.0 Å². The highest BCUT2D eigenvalue weighted by atomic mass is 32.3. The van der Waals surface area contributed by atoms with Crippen LogP contribution in [-0.4, -0.2) is 0 Å². The molecule has 0 amide bonds. The van der Waals surface area contributed by atoms with Gasteiger partial charge in [-0.05, 0) is 61.9 Å². The van der Waals surface area contributed by atoms with Crippen molar-refractivity contribution < 1.29 is 0 Å². The minimum atomic E-state index is -1.56. The molecule has 134 valence electrons. The molecule has 0 spiro atoms. The van der Waals surface area contributed by atoms with E-state index in [0.29, 0.717) is 0 Å². The van der Waals surface area contributed by atoms with Crippen LogP contribution in [0.15, 0.2) is 129 Å². The largest absolute Gasteiger partial charge is 0.133 e. The van der Waals surface area contributed by atoms with Crippen LogP contribution in [0.5, 0.6) is 0 Å². The van der Waals surface area contributed by atoms with Crippen molar-refractivity contribution >= 4 is 10.0 Å². The maximum absolute atomic E-state index is 2.39. The molecule has 0 nitrogen and oxygen atoms in total. The summed E-state index contributed by atoms with van der Waals surface area (Å²) in [4.78, 5) is 5.54. The first-order chi connectivity index (χ1) is 13.2. The van der Waals surface area contributed by atoms with Gasteiger partial charge in [-0.3, -0.25) is 0 Å². The Balaban J connectivity index is 2.18. The molecule has 0 saturated heterocycles. The van der Waals surface area contributed by atoms with Gasteiger partial charge >= 0.3 is 0 Å². The van der Waals surface area contributed by atoms with Gasteiger partial charge in [0.15, 0.2) is 0 Å². The van der Waals surface area contributed by atoms with Gasteiger partial charge in [-0.15, -0.1) is 10.0 Å². The van der Waals surface area contributed by atoms with Crippen molar-refractivity contribution in [2.24, 2.45) is 0 Å². The van der Waals surface area contributed by atoms with Crippen LogP contribution in [0.3, 0.4) is 0 Å². The Hall–Kier alpha value is -2.77. The summed E-state index contributed by atoms with van der Waals surface area (Å²) >= 11 is 0. The van der Waals surface area contributed by atoms with Crippen LogP contribution in [-0.2, 0) is 0 Å². The third-order valence-electron chi connectivity index (χ3n) is 4.96. The van der Waals surface area contributed by atoms with Gasteiger partial charge in [0.2, 0.25) is 0 Å². The molecule has 4 rings (SSSR count).